The van der Waals surface area contributed by atoms with Crippen molar-refractivity contribution in [3.63, 3.8) is 0 Å². The van der Waals surface area contributed by atoms with Crippen molar-refractivity contribution in [2.45, 2.75) is 42.8 Å². The van der Waals surface area contributed by atoms with E-state index in [4.69, 9.17) is 0 Å². The van der Waals surface area contributed by atoms with Gasteiger partial charge in [0.25, 0.3) is 0 Å². The lowest BCUT2D eigenvalue weighted by molar-refractivity contribution is 0.210. The molecule has 0 spiro atoms. The summed E-state index contributed by atoms with van der Waals surface area (Å²) in [4.78, 5) is 0.0252. The van der Waals surface area contributed by atoms with Crippen LogP contribution in [0.15, 0.2) is 35.2 Å². The van der Waals surface area contributed by atoms with Gasteiger partial charge in [-0.25, -0.2) is 26.0 Å². The molecule has 0 amide bonds. The topological polar surface area (TPSA) is 67.2 Å². The van der Waals surface area contributed by atoms with Crippen LogP contribution in [-0.2, 0) is 10.0 Å². The van der Waals surface area contributed by atoms with E-state index in [1.54, 1.807) is 10.7 Å². The first-order valence-corrected chi connectivity index (χ1v) is 11.8. The summed E-state index contributed by atoms with van der Waals surface area (Å²) in [5.41, 5.74) is 0.612. The number of sulfonamides is 1. The van der Waals surface area contributed by atoms with E-state index in [2.05, 4.69) is 10.4 Å². The molecule has 1 saturated heterocycles. The molecule has 1 aliphatic carbocycles. The lowest BCUT2D eigenvalue weighted by Crippen LogP contribution is -2.38. The van der Waals surface area contributed by atoms with E-state index in [-0.39, 0.29) is 48.4 Å². The molecule has 2 aromatic carbocycles. The minimum Gasteiger partial charge on any atom is -0.338 e. The van der Waals surface area contributed by atoms with Gasteiger partial charge in [-0.15, -0.1) is 0 Å². The number of alkyl halides is 1. The minimum atomic E-state index is -3.85. The van der Waals surface area contributed by atoms with Crippen LogP contribution in [0.1, 0.15) is 31.7 Å². The molecular weight excluding hydrogens is 448 g/mol. The molecule has 3 aromatic rings. The maximum absolute atomic E-state index is 13.7. The van der Waals surface area contributed by atoms with Crippen LogP contribution in [0.2, 0.25) is 0 Å². The average molecular weight is 468 g/mol. The standard InChI is InChI=1S/C21H20F4N4O2S/c22-12-5-7-28(8-6-12)32(30,31)15-3-4-19-16(11-15)21(27-29(19)14-1-2-14)26-13-9-17(23)20(25)18(24)10-13/h3-4,9-12,14H,1-2,5-8H2,(H,26,27). The monoisotopic (exact) mass is 468 g/mol. The summed E-state index contributed by atoms with van der Waals surface area (Å²) >= 11 is 0. The van der Waals surface area contributed by atoms with Crippen molar-refractivity contribution in [3.05, 3.63) is 47.8 Å². The molecule has 1 saturated carbocycles. The van der Waals surface area contributed by atoms with Crippen LogP contribution in [0.4, 0.5) is 29.1 Å². The first kappa shape index (κ1) is 21.2. The van der Waals surface area contributed by atoms with Gasteiger partial charge in [-0.1, -0.05) is 0 Å². The Morgan fingerprint density at radius 1 is 0.969 bits per heavy atom. The number of benzene rings is 2. The average Bonchev–Trinajstić information content (AvgIpc) is 3.55. The zero-order valence-electron chi connectivity index (χ0n) is 16.9. The summed E-state index contributed by atoms with van der Waals surface area (Å²) in [6.45, 7) is 0.199. The third kappa shape index (κ3) is 3.73. The van der Waals surface area contributed by atoms with E-state index in [1.807, 2.05) is 0 Å². The predicted molar refractivity (Wildman–Crippen MR) is 110 cm³/mol. The van der Waals surface area contributed by atoms with Gasteiger partial charge in [-0.2, -0.15) is 9.40 Å². The van der Waals surface area contributed by atoms with Crippen molar-refractivity contribution in [2.75, 3.05) is 18.4 Å². The molecule has 11 heteroatoms. The van der Waals surface area contributed by atoms with Crippen LogP contribution in [0, 0.1) is 17.5 Å². The first-order valence-electron chi connectivity index (χ1n) is 10.3. The molecule has 0 radical (unpaired) electrons. The smallest absolute Gasteiger partial charge is 0.243 e. The quantitative estimate of drug-likeness (QED) is 0.437. The number of nitrogens with zero attached hydrogens (tertiary/aromatic N) is 3. The third-order valence-corrected chi connectivity index (χ3v) is 7.73. The highest BCUT2D eigenvalue weighted by atomic mass is 32.2. The highest BCUT2D eigenvalue weighted by Crippen LogP contribution is 2.40. The van der Waals surface area contributed by atoms with E-state index in [0.717, 1.165) is 25.0 Å². The second-order valence-electron chi connectivity index (χ2n) is 8.16. The van der Waals surface area contributed by atoms with Crippen LogP contribution < -0.4 is 5.32 Å². The van der Waals surface area contributed by atoms with Crippen LogP contribution in [-0.4, -0.2) is 41.8 Å². The normalized spacial score (nSPS) is 18.4. The summed E-state index contributed by atoms with van der Waals surface area (Å²) in [7, 11) is -3.85. The van der Waals surface area contributed by atoms with Crippen molar-refractivity contribution in [1.82, 2.24) is 14.1 Å². The van der Waals surface area contributed by atoms with E-state index in [9.17, 15) is 26.0 Å². The number of aromatic nitrogens is 2. The molecule has 2 fully saturated rings. The summed E-state index contributed by atoms with van der Waals surface area (Å²) in [5.74, 6) is -4.07. The number of halogens is 4. The van der Waals surface area contributed by atoms with Gasteiger partial charge < -0.3 is 5.32 Å². The molecule has 32 heavy (non-hydrogen) atoms. The molecule has 0 unspecified atom stereocenters. The van der Waals surface area contributed by atoms with Crippen molar-refractivity contribution < 1.29 is 26.0 Å². The Morgan fingerprint density at radius 2 is 1.62 bits per heavy atom. The van der Waals surface area contributed by atoms with Crippen LogP contribution in [0.25, 0.3) is 10.9 Å². The van der Waals surface area contributed by atoms with Crippen molar-refractivity contribution in [2.24, 2.45) is 0 Å². The number of nitrogens with one attached hydrogen (secondary N) is 1. The SMILES string of the molecule is O=S(=O)(c1ccc2c(c1)c(Nc1cc(F)c(F)c(F)c1)nn2C1CC1)N1CCC(F)CC1. The molecule has 170 valence electrons. The molecule has 1 N–H and O–H groups in total. The molecular formula is C21H20F4N4O2S. The number of rotatable bonds is 5. The molecule has 2 aliphatic rings. The second-order valence-corrected chi connectivity index (χ2v) is 10.1. The number of fused-ring (bicyclic) bond motifs is 1. The fraction of sp³-hybridized carbons (Fsp3) is 0.381. The Labute approximate surface area is 181 Å². The Morgan fingerprint density at radius 3 is 2.25 bits per heavy atom. The third-order valence-electron chi connectivity index (χ3n) is 5.84. The van der Waals surface area contributed by atoms with Gasteiger partial charge in [-0.3, -0.25) is 4.68 Å². The van der Waals surface area contributed by atoms with Crippen molar-refractivity contribution in [3.8, 4) is 0 Å². The summed E-state index contributed by atoms with van der Waals surface area (Å²) in [5, 5.41) is 7.72. The zero-order chi connectivity index (χ0) is 22.6. The maximum Gasteiger partial charge on any atom is 0.243 e. The predicted octanol–water partition coefficient (Wildman–Crippen LogP) is 4.65. The Hall–Kier alpha value is -2.66. The molecule has 0 atom stereocenters. The molecule has 0 bridgehead atoms. The van der Waals surface area contributed by atoms with Gasteiger partial charge >= 0.3 is 0 Å². The molecule has 5 rings (SSSR count). The maximum atomic E-state index is 13.7. The Balaban J connectivity index is 1.56. The molecule has 2 heterocycles. The number of hydrogen-bond donors (Lipinski definition) is 1. The highest BCUT2D eigenvalue weighted by molar-refractivity contribution is 7.89. The molecule has 6 nitrogen and oxygen atoms in total. The fourth-order valence-corrected chi connectivity index (χ4v) is 5.44. The minimum absolute atomic E-state index is 0.0252. The Bertz CT molecular complexity index is 1280. The zero-order valence-corrected chi connectivity index (χ0v) is 17.7. The van der Waals surface area contributed by atoms with Crippen LogP contribution in [0.5, 0.6) is 0 Å². The Kier molecular flexibility index (Phi) is 5.12. The van der Waals surface area contributed by atoms with Crippen molar-refractivity contribution >= 4 is 32.4 Å². The molecule has 1 aliphatic heterocycles. The van der Waals surface area contributed by atoms with E-state index >= 15 is 0 Å². The lowest BCUT2D eigenvalue weighted by Gasteiger charge is -2.27. The largest absolute Gasteiger partial charge is 0.338 e. The number of hydrogen-bond acceptors (Lipinski definition) is 4. The van der Waals surface area contributed by atoms with Gasteiger partial charge in [0, 0.05) is 36.3 Å². The number of piperidine rings is 1. The first-order chi connectivity index (χ1) is 15.2. The fourth-order valence-electron chi connectivity index (χ4n) is 3.95. The summed E-state index contributed by atoms with van der Waals surface area (Å²) in [6.07, 6.45) is 1.11. The lowest BCUT2D eigenvalue weighted by atomic mass is 10.1. The van der Waals surface area contributed by atoms with Crippen LogP contribution >= 0.6 is 0 Å². The van der Waals surface area contributed by atoms with Gasteiger partial charge in [0.05, 0.1) is 16.5 Å². The second kappa shape index (κ2) is 7.73. The summed E-state index contributed by atoms with van der Waals surface area (Å²) in [6, 6.07) is 6.36. The van der Waals surface area contributed by atoms with E-state index < -0.39 is 33.6 Å². The van der Waals surface area contributed by atoms with Crippen LogP contribution in [0.3, 0.4) is 0 Å². The van der Waals surface area contributed by atoms with E-state index in [1.165, 1.54) is 16.4 Å². The molecule has 1 aromatic heterocycles. The number of anilines is 2. The van der Waals surface area contributed by atoms with Crippen molar-refractivity contribution in [1.29, 1.82) is 0 Å². The summed E-state index contributed by atoms with van der Waals surface area (Å²) < 4.78 is 83.3. The highest BCUT2D eigenvalue weighted by Gasteiger charge is 2.31. The van der Waals surface area contributed by atoms with Gasteiger partial charge in [0.2, 0.25) is 10.0 Å². The van der Waals surface area contributed by atoms with Gasteiger partial charge in [0.15, 0.2) is 23.3 Å². The van der Waals surface area contributed by atoms with Gasteiger partial charge in [-0.05, 0) is 43.9 Å². The van der Waals surface area contributed by atoms with E-state index in [0.29, 0.717) is 10.9 Å². The van der Waals surface area contributed by atoms with Gasteiger partial charge in [0.1, 0.15) is 6.17 Å².